The fourth-order valence-corrected chi connectivity index (χ4v) is 3.81. The van der Waals surface area contributed by atoms with E-state index in [2.05, 4.69) is 5.32 Å². The number of benzene rings is 2. The molecule has 0 bridgehead atoms. The molecule has 3 rings (SSSR count). The Morgan fingerprint density at radius 1 is 1.03 bits per heavy atom. The van der Waals surface area contributed by atoms with Crippen molar-refractivity contribution in [2.45, 2.75) is 32.7 Å². The maximum Gasteiger partial charge on any atom is 0.371 e. The zero-order valence-corrected chi connectivity index (χ0v) is 19.7. The van der Waals surface area contributed by atoms with Gasteiger partial charge in [0.15, 0.2) is 5.76 Å². The Hall–Kier alpha value is -3.58. The predicted molar refractivity (Wildman–Crippen MR) is 128 cm³/mol. The van der Waals surface area contributed by atoms with E-state index in [0.29, 0.717) is 17.9 Å². The number of halogens is 1. The molecule has 0 fully saturated rings. The second kappa shape index (κ2) is 11.5. The van der Waals surface area contributed by atoms with E-state index < -0.39 is 23.8 Å². The van der Waals surface area contributed by atoms with Crippen molar-refractivity contribution in [1.82, 2.24) is 5.32 Å². The molecule has 8 heteroatoms. The zero-order valence-electron chi connectivity index (χ0n) is 18.9. The van der Waals surface area contributed by atoms with Crippen LogP contribution in [-0.2, 0) is 16.0 Å². The highest BCUT2D eigenvalue weighted by Crippen LogP contribution is 2.24. The molecule has 0 aliphatic carbocycles. The molecule has 0 spiro atoms. The minimum absolute atomic E-state index is 0.109. The van der Waals surface area contributed by atoms with Crippen molar-refractivity contribution in [2.75, 3.05) is 6.61 Å². The molecule has 0 saturated carbocycles. The van der Waals surface area contributed by atoms with Gasteiger partial charge in [-0.15, -0.1) is 0 Å². The molecule has 178 valence electrons. The lowest BCUT2D eigenvalue weighted by atomic mass is 9.94. The SMILES string of the molecule is CCOC(=O)[C@H](C)CC(Cc1ccc(-c2cccc(Cl)c2)cc1)NC(=O)c1ccc(C(=O)O)o1. The number of hydrogen-bond donors (Lipinski definition) is 2. The van der Waals surface area contributed by atoms with Gasteiger partial charge in [-0.05, 0) is 60.7 Å². The van der Waals surface area contributed by atoms with Crippen LogP contribution in [0.5, 0.6) is 0 Å². The number of esters is 1. The highest BCUT2D eigenvalue weighted by molar-refractivity contribution is 6.30. The standard InChI is InChI=1S/C26H26ClNO6/c1-3-33-26(32)16(2)13-21(28-24(29)22-11-12-23(34-22)25(30)31)14-17-7-9-18(10-8-17)19-5-4-6-20(27)15-19/h4-12,15-16,21H,3,13-14H2,1-2H3,(H,28,29)(H,30,31)/t16-,21?/m1/s1. The normalized spacial score (nSPS) is 12.6. The molecule has 2 N–H and O–H groups in total. The average Bonchev–Trinajstić information content (AvgIpc) is 3.31. The third-order valence-corrected chi connectivity index (χ3v) is 5.53. The minimum atomic E-state index is -1.26. The number of carboxylic acids is 1. The molecular weight excluding hydrogens is 458 g/mol. The van der Waals surface area contributed by atoms with Gasteiger partial charge in [-0.2, -0.15) is 0 Å². The summed E-state index contributed by atoms with van der Waals surface area (Å²) in [6.45, 7) is 3.76. The van der Waals surface area contributed by atoms with Crippen molar-refractivity contribution in [1.29, 1.82) is 0 Å². The van der Waals surface area contributed by atoms with E-state index in [1.807, 2.05) is 48.5 Å². The number of carboxylic acid groups (broad SMARTS) is 1. The van der Waals surface area contributed by atoms with Crippen LogP contribution in [0, 0.1) is 5.92 Å². The second-order valence-corrected chi connectivity index (χ2v) is 8.38. The third-order valence-electron chi connectivity index (χ3n) is 5.30. The summed E-state index contributed by atoms with van der Waals surface area (Å²) in [4.78, 5) is 35.9. The lowest BCUT2D eigenvalue weighted by molar-refractivity contribution is -0.147. The van der Waals surface area contributed by atoms with Crippen LogP contribution in [0.3, 0.4) is 0 Å². The van der Waals surface area contributed by atoms with Crippen LogP contribution in [-0.4, -0.2) is 35.6 Å². The van der Waals surface area contributed by atoms with Gasteiger partial charge in [0.1, 0.15) is 0 Å². The second-order valence-electron chi connectivity index (χ2n) is 7.94. The molecule has 0 aliphatic heterocycles. The van der Waals surface area contributed by atoms with E-state index in [9.17, 15) is 14.4 Å². The van der Waals surface area contributed by atoms with Gasteiger partial charge in [0.05, 0.1) is 12.5 Å². The number of carbonyl (C=O) groups excluding carboxylic acids is 2. The van der Waals surface area contributed by atoms with Gasteiger partial charge in [0.25, 0.3) is 5.91 Å². The Morgan fingerprint density at radius 3 is 2.35 bits per heavy atom. The molecule has 0 saturated heterocycles. The highest BCUT2D eigenvalue weighted by Gasteiger charge is 2.24. The van der Waals surface area contributed by atoms with Crippen LogP contribution in [0.25, 0.3) is 11.1 Å². The van der Waals surface area contributed by atoms with Crippen LogP contribution in [0.1, 0.15) is 46.9 Å². The maximum atomic E-state index is 12.7. The molecular formula is C26H26ClNO6. The Labute approximate surface area is 202 Å². The van der Waals surface area contributed by atoms with Gasteiger partial charge in [-0.25, -0.2) is 4.79 Å². The lowest BCUT2D eigenvalue weighted by Gasteiger charge is -2.21. The first-order valence-electron chi connectivity index (χ1n) is 10.9. The number of furan rings is 1. The van der Waals surface area contributed by atoms with E-state index in [4.69, 9.17) is 25.9 Å². The van der Waals surface area contributed by atoms with Gasteiger partial charge in [0.2, 0.25) is 5.76 Å². The summed E-state index contributed by atoms with van der Waals surface area (Å²) in [5.74, 6) is -3.03. The quantitative estimate of drug-likeness (QED) is 0.382. The number of carbonyl (C=O) groups is 3. The Bertz CT molecular complexity index is 1150. The molecule has 1 amide bonds. The Kier molecular flexibility index (Phi) is 8.49. The van der Waals surface area contributed by atoms with Crippen LogP contribution >= 0.6 is 11.6 Å². The van der Waals surface area contributed by atoms with Gasteiger partial charge in [-0.1, -0.05) is 54.9 Å². The van der Waals surface area contributed by atoms with Crippen molar-refractivity contribution in [3.8, 4) is 11.1 Å². The van der Waals surface area contributed by atoms with Crippen molar-refractivity contribution in [2.24, 2.45) is 5.92 Å². The molecule has 7 nitrogen and oxygen atoms in total. The molecule has 0 aliphatic rings. The topological polar surface area (TPSA) is 106 Å². The fourth-order valence-electron chi connectivity index (χ4n) is 3.62. The third kappa shape index (κ3) is 6.71. The van der Waals surface area contributed by atoms with E-state index in [-0.39, 0.29) is 24.1 Å². The van der Waals surface area contributed by atoms with E-state index in [1.54, 1.807) is 13.8 Å². The molecule has 3 aromatic rings. The maximum absolute atomic E-state index is 12.7. The number of ether oxygens (including phenoxy) is 1. The summed E-state index contributed by atoms with van der Waals surface area (Å²) in [6.07, 6.45) is 0.797. The summed E-state index contributed by atoms with van der Waals surface area (Å²) in [6, 6.07) is 17.5. The van der Waals surface area contributed by atoms with Crippen molar-refractivity contribution in [3.05, 3.63) is 82.8 Å². The minimum Gasteiger partial charge on any atom is -0.475 e. The van der Waals surface area contributed by atoms with Crippen molar-refractivity contribution < 1.29 is 28.6 Å². The average molecular weight is 484 g/mol. The molecule has 0 radical (unpaired) electrons. The number of nitrogens with one attached hydrogen (secondary N) is 1. The van der Waals surface area contributed by atoms with Gasteiger partial charge < -0.3 is 19.6 Å². The zero-order chi connectivity index (χ0) is 24.7. The van der Waals surface area contributed by atoms with Crippen molar-refractivity contribution >= 4 is 29.4 Å². The van der Waals surface area contributed by atoms with E-state index in [1.165, 1.54) is 12.1 Å². The molecule has 1 unspecified atom stereocenters. The lowest BCUT2D eigenvalue weighted by Crippen LogP contribution is -2.38. The first kappa shape index (κ1) is 25.1. The molecule has 34 heavy (non-hydrogen) atoms. The number of hydrogen-bond acceptors (Lipinski definition) is 5. The van der Waals surface area contributed by atoms with Crippen molar-refractivity contribution in [3.63, 3.8) is 0 Å². The van der Waals surface area contributed by atoms with Crippen LogP contribution in [0.2, 0.25) is 5.02 Å². The van der Waals surface area contributed by atoms with E-state index in [0.717, 1.165) is 16.7 Å². The summed E-state index contributed by atoms with van der Waals surface area (Å²) in [7, 11) is 0. The molecule has 1 heterocycles. The predicted octanol–water partition coefficient (Wildman–Crippen LogP) is 5.23. The fraction of sp³-hybridized carbons (Fsp3) is 0.269. The molecule has 2 aromatic carbocycles. The van der Waals surface area contributed by atoms with Gasteiger partial charge in [-0.3, -0.25) is 9.59 Å². The van der Waals surface area contributed by atoms with Crippen LogP contribution < -0.4 is 5.32 Å². The first-order chi connectivity index (χ1) is 16.3. The first-order valence-corrected chi connectivity index (χ1v) is 11.3. The number of aromatic carboxylic acids is 1. The molecule has 1 aromatic heterocycles. The Morgan fingerprint density at radius 2 is 1.74 bits per heavy atom. The summed E-state index contributed by atoms with van der Waals surface area (Å²) in [5.41, 5.74) is 2.95. The summed E-state index contributed by atoms with van der Waals surface area (Å²) >= 11 is 6.09. The highest BCUT2D eigenvalue weighted by atomic mass is 35.5. The van der Waals surface area contributed by atoms with Crippen LogP contribution in [0.15, 0.2) is 65.1 Å². The smallest absolute Gasteiger partial charge is 0.371 e. The molecule has 2 atom stereocenters. The monoisotopic (exact) mass is 483 g/mol. The summed E-state index contributed by atoms with van der Waals surface area (Å²) < 4.78 is 10.2. The van der Waals surface area contributed by atoms with E-state index >= 15 is 0 Å². The van der Waals surface area contributed by atoms with Crippen LogP contribution in [0.4, 0.5) is 0 Å². The number of amides is 1. The Balaban J connectivity index is 1.76. The van der Waals surface area contributed by atoms with Gasteiger partial charge >= 0.3 is 11.9 Å². The number of rotatable bonds is 10. The summed E-state index contributed by atoms with van der Waals surface area (Å²) in [5, 5.41) is 12.5. The largest absolute Gasteiger partial charge is 0.475 e. The van der Waals surface area contributed by atoms with Gasteiger partial charge in [0, 0.05) is 11.1 Å².